The van der Waals surface area contributed by atoms with E-state index in [1.807, 2.05) is 13.0 Å². The van der Waals surface area contributed by atoms with Gasteiger partial charge in [0, 0.05) is 6.92 Å². The first-order chi connectivity index (χ1) is 7.02. The van der Waals surface area contributed by atoms with Gasteiger partial charge in [0.1, 0.15) is 5.75 Å². The summed E-state index contributed by atoms with van der Waals surface area (Å²) in [6.45, 7) is 7.09. The number of esters is 1. The van der Waals surface area contributed by atoms with Crippen LogP contribution in [-0.2, 0) is 4.79 Å². The van der Waals surface area contributed by atoms with Crippen LogP contribution in [0.3, 0.4) is 0 Å². The Balaban J connectivity index is 3.12. The van der Waals surface area contributed by atoms with E-state index in [0.717, 1.165) is 5.56 Å². The summed E-state index contributed by atoms with van der Waals surface area (Å²) in [6, 6.07) is 7.01. The molecule has 0 heterocycles. The summed E-state index contributed by atoms with van der Waals surface area (Å²) in [4.78, 5) is 10.8. The molecule has 0 aliphatic carbocycles. The molecular weight excluding hydrogens is 190 g/mol. The number of carbonyl (C=O) groups excluding carboxylic acids is 1. The van der Waals surface area contributed by atoms with Gasteiger partial charge in [-0.25, -0.2) is 0 Å². The predicted octanol–water partition coefficient (Wildman–Crippen LogP) is 2.42. The topological polar surface area (TPSA) is 50.1 Å². The third-order valence-corrected chi connectivity index (χ3v) is 1.89. The fourth-order valence-electron chi connectivity index (χ4n) is 1.20. The zero-order valence-corrected chi connectivity index (χ0v) is 8.78. The molecule has 3 nitrogen and oxygen atoms in total. The zero-order valence-electron chi connectivity index (χ0n) is 8.78. The largest absolute Gasteiger partial charge is 0.427 e. The van der Waals surface area contributed by atoms with Crippen LogP contribution < -0.4 is 4.74 Å². The van der Waals surface area contributed by atoms with Crippen LogP contribution in [0.1, 0.15) is 30.9 Å². The molecule has 0 N–H and O–H groups in total. The number of carbonyl (C=O) groups is 1. The smallest absolute Gasteiger partial charge is 0.308 e. The first-order valence-corrected chi connectivity index (χ1v) is 4.59. The molecule has 0 aromatic heterocycles. The van der Waals surface area contributed by atoms with Gasteiger partial charge < -0.3 is 4.74 Å². The summed E-state index contributed by atoms with van der Waals surface area (Å²) >= 11 is 0. The molecule has 1 aromatic carbocycles. The molecule has 0 saturated heterocycles. The summed E-state index contributed by atoms with van der Waals surface area (Å²) < 4.78 is 4.93. The second-order valence-electron chi connectivity index (χ2n) is 3.40. The lowest BCUT2D eigenvalue weighted by Gasteiger charge is -2.08. The lowest BCUT2D eigenvalue weighted by molar-refractivity contribution is -0.131. The van der Waals surface area contributed by atoms with Crippen molar-refractivity contribution in [1.29, 1.82) is 5.26 Å². The summed E-state index contributed by atoms with van der Waals surface area (Å²) in [6.07, 6.45) is 0. The normalized spacial score (nSPS) is 9.80. The number of ether oxygens (including phenoxy) is 1. The molecule has 0 saturated carbocycles. The van der Waals surface area contributed by atoms with Crippen molar-refractivity contribution in [3.05, 3.63) is 36.2 Å². The van der Waals surface area contributed by atoms with E-state index in [-0.39, 0.29) is 5.92 Å². The number of nitriles is 1. The molecule has 0 fully saturated rings. The standard InChI is InChI=1S/C12H12NO2/c1-8(2)11-4-10(7-13)5-12(6-11)15-9(3)14/h4-6,8H,1H2,2-3H3. The Labute approximate surface area is 89.3 Å². The van der Waals surface area contributed by atoms with E-state index in [1.54, 1.807) is 12.1 Å². The van der Waals surface area contributed by atoms with Crippen LogP contribution in [0.25, 0.3) is 0 Å². The molecule has 0 amide bonds. The molecule has 1 unspecified atom stereocenters. The Morgan fingerprint density at radius 3 is 2.67 bits per heavy atom. The minimum absolute atomic E-state index is 0.0487. The SMILES string of the molecule is [CH2]C(C)c1cc(C#N)cc(OC(C)=O)c1. The van der Waals surface area contributed by atoms with Crippen molar-refractivity contribution < 1.29 is 9.53 Å². The zero-order chi connectivity index (χ0) is 11.4. The molecule has 0 bridgehead atoms. The van der Waals surface area contributed by atoms with Crippen molar-refractivity contribution in [2.75, 3.05) is 0 Å². The van der Waals surface area contributed by atoms with Crippen LogP contribution >= 0.6 is 0 Å². The van der Waals surface area contributed by atoms with Crippen molar-refractivity contribution in [2.45, 2.75) is 19.8 Å². The highest BCUT2D eigenvalue weighted by molar-refractivity contribution is 5.69. The highest BCUT2D eigenvalue weighted by atomic mass is 16.5. The molecule has 3 heteroatoms. The quantitative estimate of drug-likeness (QED) is 0.546. The maximum Gasteiger partial charge on any atom is 0.308 e. The van der Waals surface area contributed by atoms with Gasteiger partial charge in [0.15, 0.2) is 0 Å². The van der Waals surface area contributed by atoms with Crippen LogP contribution in [0, 0.1) is 18.3 Å². The maximum absolute atomic E-state index is 10.8. The maximum atomic E-state index is 10.8. The second-order valence-corrected chi connectivity index (χ2v) is 3.40. The Hall–Kier alpha value is -1.82. The van der Waals surface area contributed by atoms with Crippen LogP contribution in [0.2, 0.25) is 0 Å². The lowest BCUT2D eigenvalue weighted by atomic mass is 10.0. The van der Waals surface area contributed by atoms with Crippen molar-refractivity contribution in [1.82, 2.24) is 0 Å². The van der Waals surface area contributed by atoms with E-state index < -0.39 is 5.97 Å². The molecule has 0 aliphatic rings. The monoisotopic (exact) mass is 202 g/mol. The Bertz CT molecular complexity index is 416. The average molecular weight is 202 g/mol. The van der Waals surface area contributed by atoms with Crippen LogP contribution in [0.4, 0.5) is 0 Å². The molecule has 0 spiro atoms. The Morgan fingerprint density at radius 1 is 1.53 bits per heavy atom. The van der Waals surface area contributed by atoms with Crippen molar-refractivity contribution >= 4 is 5.97 Å². The first-order valence-electron chi connectivity index (χ1n) is 4.59. The third-order valence-electron chi connectivity index (χ3n) is 1.89. The van der Waals surface area contributed by atoms with E-state index in [0.29, 0.717) is 11.3 Å². The molecular formula is C12H12NO2. The van der Waals surface area contributed by atoms with Gasteiger partial charge in [0.05, 0.1) is 11.6 Å². The minimum Gasteiger partial charge on any atom is -0.427 e. The third kappa shape index (κ3) is 3.10. The van der Waals surface area contributed by atoms with Gasteiger partial charge in [-0.3, -0.25) is 4.79 Å². The fraction of sp³-hybridized carbons (Fsp3) is 0.250. The van der Waals surface area contributed by atoms with E-state index in [9.17, 15) is 4.79 Å². The van der Waals surface area contributed by atoms with E-state index in [2.05, 4.69) is 6.92 Å². The molecule has 15 heavy (non-hydrogen) atoms. The van der Waals surface area contributed by atoms with Crippen molar-refractivity contribution in [2.24, 2.45) is 0 Å². The van der Waals surface area contributed by atoms with Gasteiger partial charge in [-0.1, -0.05) is 6.92 Å². The van der Waals surface area contributed by atoms with Crippen molar-refractivity contribution in [3.8, 4) is 11.8 Å². The van der Waals surface area contributed by atoms with Gasteiger partial charge in [0.2, 0.25) is 0 Å². The number of hydrogen-bond acceptors (Lipinski definition) is 3. The van der Waals surface area contributed by atoms with Gasteiger partial charge >= 0.3 is 5.97 Å². The molecule has 0 aliphatic heterocycles. The molecule has 1 aromatic rings. The highest BCUT2D eigenvalue weighted by Crippen LogP contribution is 2.22. The first kappa shape index (κ1) is 11.3. The Morgan fingerprint density at radius 2 is 2.20 bits per heavy atom. The Kier molecular flexibility index (Phi) is 3.46. The van der Waals surface area contributed by atoms with Gasteiger partial charge in [-0.2, -0.15) is 5.26 Å². The fourth-order valence-corrected chi connectivity index (χ4v) is 1.20. The second kappa shape index (κ2) is 4.61. The van der Waals surface area contributed by atoms with Crippen molar-refractivity contribution in [3.63, 3.8) is 0 Å². The lowest BCUT2D eigenvalue weighted by Crippen LogP contribution is -2.02. The number of rotatable bonds is 2. The minimum atomic E-state index is -0.396. The predicted molar refractivity (Wildman–Crippen MR) is 56.2 cm³/mol. The average Bonchev–Trinajstić information content (AvgIpc) is 2.16. The van der Waals surface area contributed by atoms with E-state index >= 15 is 0 Å². The molecule has 1 atom stereocenters. The summed E-state index contributed by atoms with van der Waals surface area (Å²) in [7, 11) is 0. The van der Waals surface area contributed by atoms with E-state index in [1.165, 1.54) is 13.0 Å². The van der Waals surface area contributed by atoms with Gasteiger partial charge in [-0.05, 0) is 36.6 Å². The summed E-state index contributed by atoms with van der Waals surface area (Å²) in [5.74, 6) is 0.0485. The number of nitrogens with zero attached hydrogens (tertiary/aromatic N) is 1. The van der Waals surface area contributed by atoms with Crippen LogP contribution in [-0.4, -0.2) is 5.97 Å². The summed E-state index contributed by atoms with van der Waals surface area (Å²) in [5.41, 5.74) is 1.35. The number of hydrogen-bond donors (Lipinski definition) is 0. The van der Waals surface area contributed by atoms with E-state index in [4.69, 9.17) is 10.00 Å². The van der Waals surface area contributed by atoms with Gasteiger partial charge in [0.25, 0.3) is 0 Å². The highest BCUT2D eigenvalue weighted by Gasteiger charge is 2.06. The molecule has 77 valence electrons. The molecule has 1 rings (SSSR count). The van der Waals surface area contributed by atoms with Gasteiger partial charge in [-0.15, -0.1) is 0 Å². The van der Waals surface area contributed by atoms with Crippen LogP contribution in [0.15, 0.2) is 18.2 Å². The molecule has 1 radical (unpaired) electrons. The van der Waals surface area contributed by atoms with Crippen LogP contribution in [0.5, 0.6) is 5.75 Å². The summed E-state index contributed by atoms with van der Waals surface area (Å²) in [5, 5.41) is 8.79. The number of benzene rings is 1.